The molecule has 3 rings (SSSR count). The molecule has 0 spiro atoms. The van der Waals surface area contributed by atoms with Crippen LogP contribution in [-0.2, 0) is 10.0 Å². The predicted octanol–water partition coefficient (Wildman–Crippen LogP) is 4.33. The van der Waals surface area contributed by atoms with Crippen molar-refractivity contribution < 1.29 is 13.2 Å². The van der Waals surface area contributed by atoms with Crippen LogP contribution in [0, 0.1) is 0 Å². The number of primary sulfonamides is 1. The SMILES string of the molecule is COc1cc(-c2ccccc2-c2ccc(S(N)(=O)=O)cc2)ccc1Cl. The van der Waals surface area contributed by atoms with Crippen LogP contribution in [0.2, 0.25) is 5.02 Å². The van der Waals surface area contributed by atoms with Gasteiger partial charge in [0, 0.05) is 0 Å². The molecule has 3 aromatic carbocycles. The summed E-state index contributed by atoms with van der Waals surface area (Å²) in [5.74, 6) is 0.596. The molecule has 0 amide bonds. The molecular weight excluding hydrogens is 358 g/mol. The number of sulfonamides is 1. The Morgan fingerprint density at radius 2 is 1.44 bits per heavy atom. The van der Waals surface area contributed by atoms with E-state index in [1.165, 1.54) is 12.1 Å². The fraction of sp³-hybridized carbons (Fsp3) is 0.0526. The maximum absolute atomic E-state index is 11.4. The highest BCUT2D eigenvalue weighted by Crippen LogP contribution is 2.36. The molecule has 0 bridgehead atoms. The van der Waals surface area contributed by atoms with Gasteiger partial charge < -0.3 is 4.74 Å². The van der Waals surface area contributed by atoms with Gasteiger partial charge >= 0.3 is 0 Å². The third-order valence-corrected chi connectivity index (χ3v) is 5.12. The van der Waals surface area contributed by atoms with E-state index in [0.29, 0.717) is 10.8 Å². The first-order valence-corrected chi connectivity index (χ1v) is 9.39. The first-order chi connectivity index (χ1) is 11.9. The molecule has 128 valence electrons. The quantitative estimate of drug-likeness (QED) is 0.740. The van der Waals surface area contributed by atoms with Crippen LogP contribution in [0.5, 0.6) is 5.75 Å². The van der Waals surface area contributed by atoms with E-state index in [2.05, 4.69) is 0 Å². The molecule has 0 saturated heterocycles. The Morgan fingerprint density at radius 1 is 0.880 bits per heavy atom. The highest BCUT2D eigenvalue weighted by molar-refractivity contribution is 7.89. The van der Waals surface area contributed by atoms with Crippen LogP contribution in [0.4, 0.5) is 0 Å². The van der Waals surface area contributed by atoms with E-state index in [1.807, 2.05) is 36.4 Å². The van der Waals surface area contributed by atoms with Crippen molar-refractivity contribution in [1.82, 2.24) is 0 Å². The second-order valence-corrected chi connectivity index (χ2v) is 7.43. The number of benzene rings is 3. The zero-order valence-corrected chi connectivity index (χ0v) is 15.0. The summed E-state index contributed by atoms with van der Waals surface area (Å²) in [6.45, 7) is 0. The third-order valence-electron chi connectivity index (χ3n) is 3.88. The number of nitrogens with two attached hydrogens (primary N) is 1. The van der Waals surface area contributed by atoms with Gasteiger partial charge in [0.25, 0.3) is 0 Å². The Hall–Kier alpha value is -2.34. The van der Waals surface area contributed by atoms with Gasteiger partial charge in [0.05, 0.1) is 17.0 Å². The normalized spacial score (nSPS) is 11.3. The summed E-state index contributed by atoms with van der Waals surface area (Å²) >= 11 is 6.11. The van der Waals surface area contributed by atoms with Gasteiger partial charge in [0.1, 0.15) is 5.75 Å². The molecule has 0 aliphatic heterocycles. The van der Waals surface area contributed by atoms with Crippen molar-refractivity contribution in [2.75, 3.05) is 7.11 Å². The second kappa shape index (κ2) is 6.88. The smallest absolute Gasteiger partial charge is 0.238 e. The first kappa shape index (κ1) is 17.5. The third kappa shape index (κ3) is 3.69. The Bertz CT molecular complexity index is 1020. The predicted molar refractivity (Wildman–Crippen MR) is 100 cm³/mol. The van der Waals surface area contributed by atoms with Crippen LogP contribution in [0.3, 0.4) is 0 Å². The monoisotopic (exact) mass is 373 g/mol. The summed E-state index contributed by atoms with van der Waals surface area (Å²) in [7, 11) is -2.14. The van der Waals surface area contributed by atoms with Crippen LogP contribution in [0.1, 0.15) is 0 Å². The van der Waals surface area contributed by atoms with Crippen LogP contribution in [0.15, 0.2) is 71.6 Å². The molecule has 0 aromatic heterocycles. The average Bonchev–Trinajstić information content (AvgIpc) is 2.61. The lowest BCUT2D eigenvalue weighted by Gasteiger charge is -2.12. The Kier molecular flexibility index (Phi) is 4.81. The molecule has 0 unspecified atom stereocenters. The van der Waals surface area contributed by atoms with Crippen LogP contribution in [-0.4, -0.2) is 15.5 Å². The number of methoxy groups -OCH3 is 1. The lowest BCUT2D eigenvalue weighted by Crippen LogP contribution is -2.11. The highest BCUT2D eigenvalue weighted by atomic mass is 35.5. The maximum Gasteiger partial charge on any atom is 0.238 e. The van der Waals surface area contributed by atoms with E-state index in [4.69, 9.17) is 21.5 Å². The summed E-state index contributed by atoms with van der Waals surface area (Å²) in [5.41, 5.74) is 3.79. The van der Waals surface area contributed by atoms with E-state index < -0.39 is 10.0 Å². The minimum absolute atomic E-state index is 0.0851. The zero-order chi connectivity index (χ0) is 18.0. The number of ether oxygens (including phenoxy) is 1. The van der Waals surface area contributed by atoms with E-state index in [1.54, 1.807) is 25.3 Å². The molecule has 4 nitrogen and oxygen atoms in total. The molecule has 6 heteroatoms. The lowest BCUT2D eigenvalue weighted by atomic mass is 9.94. The van der Waals surface area contributed by atoms with Crippen molar-refractivity contribution in [3.8, 4) is 28.0 Å². The lowest BCUT2D eigenvalue weighted by molar-refractivity contribution is 0.415. The van der Waals surface area contributed by atoms with Gasteiger partial charge in [0.15, 0.2) is 0 Å². The van der Waals surface area contributed by atoms with Crippen molar-refractivity contribution in [3.63, 3.8) is 0 Å². The topological polar surface area (TPSA) is 69.4 Å². The molecule has 0 heterocycles. The fourth-order valence-corrected chi connectivity index (χ4v) is 3.35. The standard InChI is InChI=1S/C19H16ClNO3S/c1-24-19-12-14(8-11-18(19)20)17-5-3-2-4-16(17)13-6-9-15(10-7-13)25(21,22)23/h2-12H,1H3,(H2,21,22,23). The van der Waals surface area contributed by atoms with Crippen molar-refractivity contribution in [3.05, 3.63) is 71.8 Å². The summed E-state index contributed by atoms with van der Waals surface area (Å²) in [6.07, 6.45) is 0. The van der Waals surface area contributed by atoms with Crippen molar-refractivity contribution in [1.29, 1.82) is 0 Å². The van der Waals surface area contributed by atoms with Crippen molar-refractivity contribution >= 4 is 21.6 Å². The van der Waals surface area contributed by atoms with Gasteiger partial charge in [-0.1, -0.05) is 54.1 Å². The van der Waals surface area contributed by atoms with E-state index in [-0.39, 0.29) is 4.90 Å². The molecule has 0 fully saturated rings. The average molecular weight is 374 g/mol. The van der Waals surface area contributed by atoms with E-state index in [9.17, 15) is 8.42 Å². The maximum atomic E-state index is 11.4. The van der Waals surface area contributed by atoms with Gasteiger partial charge in [-0.05, 0) is 46.5 Å². The molecule has 0 radical (unpaired) electrons. The molecular formula is C19H16ClNO3S. The van der Waals surface area contributed by atoms with E-state index >= 15 is 0 Å². The fourth-order valence-electron chi connectivity index (χ4n) is 2.64. The zero-order valence-electron chi connectivity index (χ0n) is 13.4. The van der Waals surface area contributed by atoms with Crippen LogP contribution in [0.25, 0.3) is 22.3 Å². The molecule has 0 aliphatic rings. The largest absolute Gasteiger partial charge is 0.495 e. The summed E-state index contributed by atoms with van der Waals surface area (Å²) < 4.78 is 28.1. The second-order valence-electron chi connectivity index (χ2n) is 5.46. The molecule has 0 saturated carbocycles. The van der Waals surface area contributed by atoms with Gasteiger partial charge in [-0.15, -0.1) is 0 Å². The van der Waals surface area contributed by atoms with Crippen molar-refractivity contribution in [2.24, 2.45) is 5.14 Å². The van der Waals surface area contributed by atoms with Gasteiger partial charge in [-0.2, -0.15) is 0 Å². The molecule has 2 N–H and O–H groups in total. The van der Waals surface area contributed by atoms with Gasteiger partial charge in [-0.25, -0.2) is 13.6 Å². The van der Waals surface area contributed by atoms with Crippen LogP contribution >= 0.6 is 11.6 Å². The highest BCUT2D eigenvalue weighted by Gasteiger charge is 2.11. The minimum Gasteiger partial charge on any atom is -0.495 e. The van der Waals surface area contributed by atoms with Crippen LogP contribution < -0.4 is 9.88 Å². The molecule has 3 aromatic rings. The molecule has 0 aliphatic carbocycles. The number of hydrogen-bond acceptors (Lipinski definition) is 3. The van der Waals surface area contributed by atoms with Crippen molar-refractivity contribution in [2.45, 2.75) is 4.90 Å². The number of halogens is 1. The van der Waals surface area contributed by atoms with Gasteiger partial charge in [-0.3, -0.25) is 0 Å². The Morgan fingerprint density at radius 3 is 2.00 bits per heavy atom. The summed E-state index contributed by atoms with van der Waals surface area (Å²) in [4.78, 5) is 0.0851. The number of rotatable bonds is 4. The Labute approximate surface area is 151 Å². The van der Waals surface area contributed by atoms with E-state index in [0.717, 1.165) is 22.3 Å². The first-order valence-electron chi connectivity index (χ1n) is 7.46. The Balaban J connectivity index is 2.11. The summed E-state index contributed by atoms with van der Waals surface area (Å²) in [5, 5.41) is 5.70. The minimum atomic E-state index is -3.71. The molecule has 25 heavy (non-hydrogen) atoms. The molecule has 0 atom stereocenters. The van der Waals surface area contributed by atoms with Gasteiger partial charge in [0.2, 0.25) is 10.0 Å². The number of hydrogen-bond donors (Lipinski definition) is 1. The summed E-state index contributed by atoms with van der Waals surface area (Å²) in [6, 6.07) is 19.9.